The molecule has 0 atom stereocenters. The normalized spacial score (nSPS) is 10.5. The molecule has 1 aromatic heterocycles. The van der Waals surface area contributed by atoms with Gasteiger partial charge in [-0.15, -0.1) is 11.3 Å². The Morgan fingerprint density at radius 2 is 2.29 bits per heavy atom. The number of hydrogen-bond donors (Lipinski definition) is 1. The average Bonchev–Trinajstić information content (AvgIpc) is 2.80. The molecular formula is C12H13FN2OS. The Balaban J connectivity index is 2.30. The van der Waals surface area contributed by atoms with Crippen molar-refractivity contribution in [3.05, 3.63) is 34.4 Å². The summed E-state index contributed by atoms with van der Waals surface area (Å²) in [6, 6.07) is 4.85. The highest BCUT2D eigenvalue weighted by molar-refractivity contribution is 7.09. The van der Waals surface area contributed by atoms with Gasteiger partial charge < -0.3 is 10.5 Å². The van der Waals surface area contributed by atoms with Crippen LogP contribution in [0, 0.1) is 5.82 Å². The Labute approximate surface area is 103 Å². The van der Waals surface area contributed by atoms with Crippen molar-refractivity contribution in [2.45, 2.75) is 13.5 Å². The summed E-state index contributed by atoms with van der Waals surface area (Å²) < 4.78 is 18.8. The molecule has 0 saturated heterocycles. The van der Waals surface area contributed by atoms with Crippen molar-refractivity contribution in [3.8, 4) is 17.0 Å². The van der Waals surface area contributed by atoms with Crippen LogP contribution >= 0.6 is 11.3 Å². The van der Waals surface area contributed by atoms with Gasteiger partial charge >= 0.3 is 0 Å². The second-order valence-electron chi connectivity index (χ2n) is 3.41. The third kappa shape index (κ3) is 2.62. The minimum Gasteiger partial charge on any atom is -0.491 e. The van der Waals surface area contributed by atoms with Crippen LogP contribution in [0.3, 0.4) is 0 Å². The molecule has 5 heteroatoms. The van der Waals surface area contributed by atoms with Crippen LogP contribution in [-0.2, 0) is 6.54 Å². The molecule has 2 aromatic rings. The van der Waals surface area contributed by atoms with Crippen molar-refractivity contribution in [1.82, 2.24) is 4.98 Å². The molecule has 90 valence electrons. The van der Waals surface area contributed by atoms with Crippen LogP contribution in [0.25, 0.3) is 11.3 Å². The van der Waals surface area contributed by atoms with Gasteiger partial charge in [0.2, 0.25) is 0 Å². The van der Waals surface area contributed by atoms with Crippen molar-refractivity contribution >= 4 is 11.3 Å². The van der Waals surface area contributed by atoms with E-state index in [1.54, 1.807) is 12.1 Å². The lowest BCUT2D eigenvalue weighted by Crippen LogP contribution is -1.96. The van der Waals surface area contributed by atoms with Crippen LogP contribution in [0.1, 0.15) is 11.9 Å². The van der Waals surface area contributed by atoms with Crippen LogP contribution in [0.5, 0.6) is 5.75 Å². The number of rotatable bonds is 4. The van der Waals surface area contributed by atoms with E-state index in [-0.39, 0.29) is 11.6 Å². The summed E-state index contributed by atoms with van der Waals surface area (Å²) in [7, 11) is 0. The SMILES string of the molecule is CCOc1ccc(-c2csc(CN)n2)cc1F. The van der Waals surface area contributed by atoms with Gasteiger partial charge in [-0.05, 0) is 25.1 Å². The Hall–Kier alpha value is -1.46. The zero-order chi connectivity index (χ0) is 12.3. The van der Waals surface area contributed by atoms with Gasteiger partial charge in [0, 0.05) is 17.5 Å². The van der Waals surface area contributed by atoms with Crippen LogP contribution in [0.15, 0.2) is 23.6 Å². The molecule has 0 aliphatic carbocycles. The molecule has 0 spiro atoms. The first-order valence-corrected chi connectivity index (χ1v) is 6.19. The van der Waals surface area contributed by atoms with E-state index in [2.05, 4.69) is 4.98 Å². The Kier molecular flexibility index (Phi) is 3.71. The Morgan fingerprint density at radius 3 is 2.88 bits per heavy atom. The van der Waals surface area contributed by atoms with Crippen LogP contribution < -0.4 is 10.5 Å². The number of nitrogens with two attached hydrogens (primary N) is 1. The molecule has 0 bridgehead atoms. The zero-order valence-electron chi connectivity index (χ0n) is 9.44. The highest BCUT2D eigenvalue weighted by Crippen LogP contribution is 2.26. The third-order valence-electron chi connectivity index (χ3n) is 2.25. The third-order valence-corrected chi connectivity index (χ3v) is 3.12. The van der Waals surface area contributed by atoms with E-state index in [9.17, 15) is 4.39 Å². The van der Waals surface area contributed by atoms with Gasteiger partial charge in [-0.25, -0.2) is 9.37 Å². The molecule has 0 unspecified atom stereocenters. The van der Waals surface area contributed by atoms with Crippen molar-refractivity contribution < 1.29 is 9.13 Å². The van der Waals surface area contributed by atoms with Crippen molar-refractivity contribution in [3.63, 3.8) is 0 Å². The monoisotopic (exact) mass is 252 g/mol. The number of halogens is 1. The van der Waals surface area contributed by atoms with Gasteiger partial charge in [0.05, 0.1) is 12.3 Å². The van der Waals surface area contributed by atoms with E-state index in [0.717, 1.165) is 16.3 Å². The number of ether oxygens (including phenoxy) is 1. The molecule has 0 aliphatic heterocycles. The fourth-order valence-electron chi connectivity index (χ4n) is 1.47. The van der Waals surface area contributed by atoms with Gasteiger partial charge in [-0.1, -0.05) is 0 Å². The van der Waals surface area contributed by atoms with Crippen LogP contribution in [0.4, 0.5) is 4.39 Å². The van der Waals surface area contributed by atoms with Gasteiger partial charge in [0.25, 0.3) is 0 Å². The van der Waals surface area contributed by atoms with Gasteiger partial charge in [0.15, 0.2) is 11.6 Å². The van der Waals surface area contributed by atoms with E-state index < -0.39 is 0 Å². The van der Waals surface area contributed by atoms with E-state index in [0.29, 0.717) is 13.2 Å². The molecule has 1 heterocycles. The van der Waals surface area contributed by atoms with Crippen LogP contribution in [-0.4, -0.2) is 11.6 Å². The Bertz CT molecular complexity index is 513. The lowest BCUT2D eigenvalue weighted by molar-refractivity contribution is 0.321. The molecule has 0 fully saturated rings. The second-order valence-corrected chi connectivity index (χ2v) is 4.35. The summed E-state index contributed by atoms with van der Waals surface area (Å²) in [6.45, 7) is 2.68. The second kappa shape index (κ2) is 5.25. The number of nitrogens with zero attached hydrogens (tertiary/aromatic N) is 1. The van der Waals surface area contributed by atoms with Crippen molar-refractivity contribution in [2.24, 2.45) is 5.73 Å². The number of benzene rings is 1. The minimum atomic E-state index is -0.369. The molecule has 3 nitrogen and oxygen atoms in total. The van der Waals surface area contributed by atoms with E-state index in [1.165, 1.54) is 17.4 Å². The molecule has 2 N–H and O–H groups in total. The minimum absolute atomic E-state index is 0.269. The van der Waals surface area contributed by atoms with Crippen molar-refractivity contribution in [2.75, 3.05) is 6.61 Å². The van der Waals surface area contributed by atoms with Crippen molar-refractivity contribution in [1.29, 1.82) is 0 Å². The lowest BCUT2D eigenvalue weighted by Gasteiger charge is -2.05. The van der Waals surface area contributed by atoms with E-state index >= 15 is 0 Å². The van der Waals surface area contributed by atoms with Crippen LogP contribution in [0.2, 0.25) is 0 Å². The molecule has 0 aliphatic rings. The number of aromatic nitrogens is 1. The maximum Gasteiger partial charge on any atom is 0.165 e. The standard InChI is InChI=1S/C12H13FN2OS/c1-2-16-11-4-3-8(5-9(11)13)10-7-17-12(6-14)15-10/h3-5,7H,2,6,14H2,1H3. The summed E-state index contributed by atoms with van der Waals surface area (Å²) >= 11 is 1.47. The fraction of sp³-hybridized carbons (Fsp3) is 0.250. The Morgan fingerprint density at radius 1 is 1.47 bits per heavy atom. The first kappa shape index (κ1) is 12.0. The largest absolute Gasteiger partial charge is 0.491 e. The van der Waals surface area contributed by atoms with Gasteiger partial charge in [0.1, 0.15) is 5.01 Å². The molecule has 17 heavy (non-hydrogen) atoms. The summed E-state index contributed by atoms with van der Waals surface area (Å²) in [5.41, 5.74) is 6.97. The molecule has 0 saturated carbocycles. The number of thiazole rings is 1. The smallest absolute Gasteiger partial charge is 0.165 e. The van der Waals surface area contributed by atoms with E-state index in [4.69, 9.17) is 10.5 Å². The highest BCUT2D eigenvalue weighted by atomic mass is 32.1. The first-order chi connectivity index (χ1) is 8.24. The summed E-state index contributed by atoms with van der Waals surface area (Å²) in [4.78, 5) is 4.30. The predicted molar refractivity (Wildman–Crippen MR) is 66.6 cm³/mol. The summed E-state index contributed by atoms with van der Waals surface area (Å²) in [6.07, 6.45) is 0. The highest BCUT2D eigenvalue weighted by Gasteiger charge is 2.08. The van der Waals surface area contributed by atoms with Gasteiger partial charge in [-0.3, -0.25) is 0 Å². The predicted octanol–water partition coefficient (Wildman–Crippen LogP) is 2.81. The average molecular weight is 252 g/mol. The zero-order valence-corrected chi connectivity index (χ0v) is 10.3. The van der Waals surface area contributed by atoms with Gasteiger partial charge in [-0.2, -0.15) is 0 Å². The molecular weight excluding hydrogens is 239 g/mol. The van der Waals surface area contributed by atoms with E-state index in [1.807, 2.05) is 12.3 Å². The molecule has 0 radical (unpaired) electrons. The summed E-state index contributed by atoms with van der Waals surface area (Å²) in [5, 5.41) is 2.71. The quantitative estimate of drug-likeness (QED) is 0.910. The maximum absolute atomic E-state index is 13.6. The molecule has 1 aromatic carbocycles. The topological polar surface area (TPSA) is 48.1 Å². The number of hydrogen-bond acceptors (Lipinski definition) is 4. The first-order valence-electron chi connectivity index (χ1n) is 5.31. The molecule has 0 amide bonds. The fourth-order valence-corrected chi connectivity index (χ4v) is 2.15. The maximum atomic E-state index is 13.6. The lowest BCUT2D eigenvalue weighted by atomic mass is 10.1. The molecule has 2 rings (SSSR count). The summed E-state index contributed by atoms with van der Waals surface area (Å²) in [5.74, 6) is -0.0998.